The van der Waals surface area contributed by atoms with Gasteiger partial charge >= 0.3 is 0 Å². The first kappa shape index (κ1) is 34.2. The van der Waals surface area contributed by atoms with Gasteiger partial charge in [-0.1, -0.05) is 19.9 Å². The Hall–Kier alpha value is -3.04. The second-order valence-corrected chi connectivity index (χ2v) is 10.6. The summed E-state index contributed by atoms with van der Waals surface area (Å²) in [4.78, 5) is 29.7. The number of ether oxygens (including phenoxy) is 2. The van der Waals surface area contributed by atoms with E-state index in [4.69, 9.17) is 15.2 Å². The zero-order valence-electron chi connectivity index (χ0n) is 25.1. The van der Waals surface area contributed by atoms with E-state index in [1.165, 1.54) is 17.2 Å². The number of rotatable bonds is 22. The van der Waals surface area contributed by atoms with Crippen molar-refractivity contribution in [3.05, 3.63) is 59.2 Å². The zero-order valence-corrected chi connectivity index (χ0v) is 25.1. The molecule has 0 radical (unpaired) electrons. The highest BCUT2D eigenvalue weighted by Crippen LogP contribution is 2.20. The van der Waals surface area contributed by atoms with Crippen molar-refractivity contribution < 1.29 is 23.5 Å². The number of hydrogen-bond donors (Lipinski definition) is 2. The number of unbranched alkanes of at least 4 members (excludes halogenated alkanes) is 1. The SMILES string of the molecule is CCCN(CCC(COC)COc1cc(F)cc(CCCCNCc2cncc(CC)c2)c1)C(=O)CCCC(N)=O. The van der Waals surface area contributed by atoms with Crippen LogP contribution in [0.1, 0.15) is 75.5 Å². The van der Waals surface area contributed by atoms with Crippen LogP contribution in [0.3, 0.4) is 0 Å². The summed E-state index contributed by atoms with van der Waals surface area (Å²) < 4.78 is 25.8. The quantitative estimate of drug-likeness (QED) is 0.196. The Morgan fingerprint density at radius 3 is 2.54 bits per heavy atom. The van der Waals surface area contributed by atoms with E-state index in [0.717, 1.165) is 50.8 Å². The van der Waals surface area contributed by atoms with Gasteiger partial charge in [0.05, 0.1) is 13.2 Å². The Bertz CT molecular complexity index is 1050. The summed E-state index contributed by atoms with van der Waals surface area (Å²) >= 11 is 0. The van der Waals surface area contributed by atoms with Gasteiger partial charge in [-0.3, -0.25) is 14.6 Å². The third kappa shape index (κ3) is 14.4. The van der Waals surface area contributed by atoms with Crippen molar-refractivity contribution in [2.24, 2.45) is 11.7 Å². The number of aromatic nitrogens is 1. The van der Waals surface area contributed by atoms with Crippen molar-refractivity contribution >= 4 is 11.8 Å². The van der Waals surface area contributed by atoms with E-state index < -0.39 is 5.91 Å². The summed E-state index contributed by atoms with van der Waals surface area (Å²) in [6.07, 6.45) is 10.00. The van der Waals surface area contributed by atoms with Crippen molar-refractivity contribution in [3.8, 4) is 5.75 Å². The maximum atomic E-state index is 14.4. The van der Waals surface area contributed by atoms with E-state index in [9.17, 15) is 14.0 Å². The molecule has 3 N–H and O–H groups in total. The van der Waals surface area contributed by atoms with Crippen LogP contribution in [0.4, 0.5) is 4.39 Å². The van der Waals surface area contributed by atoms with E-state index in [1.807, 2.05) is 30.3 Å². The Kier molecular flexibility index (Phi) is 16.6. The Balaban J connectivity index is 1.79. The first-order chi connectivity index (χ1) is 19.8. The molecule has 0 aliphatic carbocycles. The van der Waals surface area contributed by atoms with E-state index in [2.05, 4.69) is 23.3 Å². The highest BCUT2D eigenvalue weighted by atomic mass is 19.1. The molecule has 0 aliphatic heterocycles. The summed E-state index contributed by atoms with van der Waals surface area (Å²) in [5.41, 5.74) is 8.54. The van der Waals surface area contributed by atoms with Gasteiger partial charge in [-0.15, -0.1) is 0 Å². The number of hydrogen-bond acceptors (Lipinski definition) is 6. The van der Waals surface area contributed by atoms with Crippen molar-refractivity contribution in [2.45, 2.75) is 78.2 Å². The van der Waals surface area contributed by atoms with Crippen LogP contribution in [0.25, 0.3) is 0 Å². The van der Waals surface area contributed by atoms with Gasteiger partial charge in [0.25, 0.3) is 0 Å². The average Bonchev–Trinajstić information content (AvgIpc) is 2.95. The van der Waals surface area contributed by atoms with Crippen LogP contribution in [-0.4, -0.2) is 61.7 Å². The van der Waals surface area contributed by atoms with Crippen molar-refractivity contribution in [2.75, 3.05) is 40.0 Å². The van der Waals surface area contributed by atoms with Crippen LogP contribution in [-0.2, 0) is 33.7 Å². The lowest BCUT2D eigenvalue weighted by Crippen LogP contribution is -2.34. The number of pyridine rings is 1. The Morgan fingerprint density at radius 1 is 1.00 bits per heavy atom. The number of benzene rings is 1. The number of amides is 2. The standard InChI is InChI=1S/C32H49FN4O4/c1-4-14-37(32(39)11-8-10-31(34)38)15-12-27(23-40-3)24-41-30-18-26(17-29(33)19-30)9-6-7-13-35-21-28-16-25(5-2)20-36-22-28/h16-20,22,27,35H,4-15,21,23-24H2,1-3H3,(H2,34,38). The molecular formula is C32H49FN4O4. The van der Waals surface area contributed by atoms with E-state index in [-0.39, 0.29) is 24.1 Å². The Labute approximate surface area is 245 Å². The summed E-state index contributed by atoms with van der Waals surface area (Å²) in [6.45, 7) is 7.90. The minimum Gasteiger partial charge on any atom is -0.493 e. The molecule has 41 heavy (non-hydrogen) atoms. The van der Waals surface area contributed by atoms with Crippen molar-refractivity contribution in [1.82, 2.24) is 15.2 Å². The largest absolute Gasteiger partial charge is 0.493 e. The molecule has 2 aromatic rings. The van der Waals surface area contributed by atoms with Gasteiger partial charge in [0.1, 0.15) is 11.6 Å². The summed E-state index contributed by atoms with van der Waals surface area (Å²) in [5.74, 6) is -0.119. The molecule has 9 heteroatoms. The second kappa shape index (κ2) is 19.9. The molecule has 0 aliphatic rings. The minimum atomic E-state index is -0.392. The molecule has 2 amide bonds. The van der Waals surface area contributed by atoms with Gasteiger partial charge in [0, 0.05) is 64.0 Å². The first-order valence-corrected chi connectivity index (χ1v) is 14.9. The summed E-state index contributed by atoms with van der Waals surface area (Å²) in [6, 6.07) is 7.08. The average molecular weight is 573 g/mol. The van der Waals surface area contributed by atoms with Crippen LogP contribution in [0, 0.1) is 11.7 Å². The molecular weight excluding hydrogens is 523 g/mol. The van der Waals surface area contributed by atoms with Crippen LogP contribution in [0.5, 0.6) is 5.75 Å². The molecule has 1 aromatic carbocycles. The number of nitrogens with zero attached hydrogens (tertiary/aromatic N) is 2. The van der Waals surface area contributed by atoms with Crippen LogP contribution in [0.15, 0.2) is 36.7 Å². The number of methoxy groups -OCH3 is 1. The monoisotopic (exact) mass is 572 g/mol. The number of nitrogens with two attached hydrogens (primary N) is 1. The maximum Gasteiger partial charge on any atom is 0.222 e. The smallest absolute Gasteiger partial charge is 0.222 e. The molecule has 0 spiro atoms. The van der Waals surface area contributed by atoms with E-state index in [0.29, 0.717) is 51.3 Å². The molecule has 2 rings (SSSR count). The maximum absolute atomic E-state index is 14.4. The molecule has 0 bridgehead atoms. The number of aryl methyl sites for hydroxylation is 2. The molecule has 8 nitrogen and oxygen atoms in total. The molecule has 1 atom stereocenters. The molecule has 0 saturated heterocycles. The van der Waals surface area contributed by atoms with Crippen LogP contribution >= 0.6 is 0 Å². The first-order valence-electron chi connectivity index (χ1n) is 14.9. The van der Waals surface area contributed by atoms with E-state index in [1.54, 1.807) is 13.2 Å². The molecule has 1 unspecified atom stereocenters. The number of nitrogens with one attached hydrogen (secondary N) is 1. The highest BCUT2D eigenvalue weighted by Gasteiger charge is 2.17. The zero-order chi connectivity index (χ0) is 29.9. The normalized spacial score (nSPS) is 11.8. The predicted molar refractivity (Wildman–Crippen MR) is 160 cm³/mol. The van der Waals surface area contributed by atoms with Gasteiger partial charge in [-0.05, 0) is 80.3 Å². The number of carbonyl (C=O) groups is 2. The van der Waals surface area contributed by atoms with Crippen LogP contribution < -0.4 is 15.8 Å². The molecule has 1 heterocycles. The predicted octanol–water partition coefficient (Wildman–Crippen LogP) is 4.82. The van der Waals surface area contributed by atoms with Crippen LogP contribution in [0.2, 0.25) is 0 Å². The molecule has 0 saturated carbocycles. The second-order valence-electron chi connectivity index (χ2n) is 10.6. The lowest BCUT2D eigenvalue weighted by molar-refractivity contribution is -0.131. The topological polar surface area (TPSA) is 107 Å². The van der Waals surface area contributed by atoms with Gasteiger partial charge in [-0.25, -0.2) is 4.39 Å². The Morgan fingerprint density at radius 2 is 1.80 bits per heavy atom. The van der Waals surface area contributed by atoms with Crippen molar-refractivity contribution in [1.29, 1.82) is 0 Å². The fraction of sp³-hybridized carbons (Fsp3) is 0.594. The van der Waals surface area contributed by atoms with Gasteiger partial charge in [-0.2, -0.15) is 0 Å². The van der Waals surface area contributed by atoms with Gasteiger partial charge < -0.3 is 25.4 Å². The van der Waals surface area contributed by atoms with E-state index >= 15 is 0 Å². The highest BCUT2D eigenvalue weighted by molar-refractivity contribution is 5.78. The van der Waals surface area contributed by atoms with Gasteiger partial charge in [0.15, 0.2) is 0 Å². The number of carbonyl (C=O) groups excluding carboxylic acids is 2. The third-order valence-corrected chi connectivity index (χ3v) is 6.94. The molecule has 0 fully saturated rings. The minimum absolute atomic E-state index is 0.0258. The number of primary amides is 1. The molecule has 1 aromatic heterocycles. The summed E-state index contributed by atoms with van der Waals surface area (Å²) in [5, 5.41) is 3.46. The van der Waals surface area contributed by atoms with Crippen molar-refractivity contribution in [3.63, 3.8) is 0 Å². The summed E-state index contributed by atoms with van der Waals surface area (Å²) in [7, 11) is 1.64. The number of halogens is 1. The van der Waals surface area contributed by atoms with Gasteiger partial charge in [0.2, 0.25) is 11.8 Å². The lowest BCUT2D eigenvalue weighted by atomic mass is 10.1. The third-order valence-electron chi connectivity index (χ3n) is 6.94. The lowest BCUT2D eigenvalue weighted by Gasteiger charge is -2.25. The fourth-order valence-corrected chi connectivity index (χ4v) is 4.70. The fourth-order valence-electron chi connectivity index (χ4n) is 4.70. The molecule has 228 valence electrons.